The molecule has 1 aliphatic heterocycles. The molecule has 1 saturated heterocycles. The summed E-state index contributed by atoms with van der Waals surface area (Å²) in [5.41, 5.74) is -0.344. The van der Waals surface area contributed by atoms with Gasteiger partial charge in [-0.05, 0) is 49.1 Å². The van der Waals surface area contributed by atoms with Crippen LogP contribution in [0.15, 0.2) is 47.7 Å². The molecule has 210 valence electrons. The maximum Gasteiger partial charge on any atom is 0.411 e. The van der Waals surface area contributed by atoms with Crippen LogP contribution in [-0.4, -0.2) is 78.1 Å². The van der Waals surface area contributed by atoms with Crippen LogP contribution in [0.25, 0.3) is 0 Å². The first-order chi connectivity index (χ1) is 18.3. The molecule has 0 aromatic heterocycles. The lowest BCUT2D eigenvalue weighted by Gasteiger charge is -2.32. The highest BCUT2D eigenvalue weighted by molar-refractivity contribution is 6.04. The van der Waals surface area contributed by atoms with Crippen LogP contribution in [-0.2, 0) is 30.4 Å². The Balaban J connectivity index is 1.51. The molecule has 13 heteroatoms. The second kappa shape index (κ2) is 10.8. The van der Waals surface area contributed by atoms with Crippen molar-refractivity contribution < 1.29 is 46.2 Å². The second-order valence-electron chi connectivity index (χ2n) is 9.72. The molecule has 0 radical (unpaired) electrons. The summed E-state index contributed by atoms with van der Waals surface area (Å²) in [4.78, 5) is 52.3. The Bertz CT molecular complexity index is 1230. The van der Waals surface area contributed by atoms with Crippen molar-refractivity contribution in [1.82, 2.24) is 15.1 Å². The zero-order valence-electron chi connectivity index (χ0n) is 21.2. The third-order valence-electron chi connectivity index (χ3n) is 7.14. The molecule has 2 fully saturated rings. The van der Waals surface area contributed by atoms with Crippen LogP contribution in [0.2, 0.25) is 0 Å². The second-order valence-corrected chi connectivity index (χ2v) is 9.72. The molecule has 1 spiro atoms. The van der Waals surface area contributed by atoms with E-state index < -0.39 is 60.6 Å². The number of carbonyl (C=O) groups is 4. The summed E-state index contributed by atoms with van der Waals surface area (Å²) in [6.45, 7) is -0.653. The molecule has 9 nitrogen and oxygen atoms in total. The fourth-order valence-electron chi connectivity index (χ4n) is 5.09. The number of ether oxygens (including phenoxy) is 2. The van der Waals surface area contributed by atoms with Crippen LogP contribution in [0.5, 0.6) is 0 Å². The predicted octanol–water partition coefficient (Wildman–Crippen LogP) is 2.86. The first-order valence-electron chi connectivity index (χ1n) is 12.2. The van der Waals surface area contributed by atoms with E-state index in [1.807, 2.05) is 0 Å². The molecule has 1 aromatic rings. The Kier molecular flexibility index (Phi) is 7.82. The first-order valence-corrected chi connectivity index (χ1v) is 12.2. The van der Waals surface area contributed by atoms with Crippen LogP contribution in [0.4, 0.5) is 22.4 Å². The fourth-order valence-corrected chi connectivity index (χ4v) is 5.09. The maximum absolute atomic E-state index is 13.6. The van der Waals surface area contributed by atoms with Crippen molar-refractivity contribution >= 4 is 23.7 Å². The summed E-state index contributed by atoms with van der Waals surface area (Å²) < 4.78 is 64.4. The minimum absolute atomic E-state index is 0.0804. The lowest BCUT2D eigenvalue weighted by molar-refractivity contribution is -0.187. The van der Waals surface area contributed by atoms with E-state index in [9.17, 15) is 36.7 Å². The number of hydrogen-bond donors (Lipinski definition) is 1. The Hall–Kier alpha value is -3.74. The van der Waals surface area contributed by atoms with Gasteiger partial charge in [0.1, 0.15) is 25.0 Å². The molecule has 1 saturated carbocycles. The van der Waals surface area contributed by atoms with E-state index >= 15 is 0 Å². The van der Waals surface area contributed by atoms with Gasteiger partial charge in [-0.1, -0.05) is 18.2 Å². The van der Waals surface area contributed by atoms with Gasteiger partial charge in [0.2, 0.25) is 11.8 Å². The Morgan fingerprint density at radius 3 is 2.56 bits per heavy atom. The third kappa shape index (κ3) is 5.82. The number of carbonyl (C=O) groups excluding carboxylic acids is 4. The molecular weight excluding hydrogens is 526 g/mol. The topological polar surface area (TPSA) is 105 Å². The number of nitrogens with one attached hydrogen (secondary N) is 1. The van der Waals surface area contributed by atoms with Crippen LogP contribution in [0.3, 0.4) is 0 Å². The van der Waals surface area contributed by atoms with Crippen molar-refractivity contribution in [3.05, 3.63) is 59.1 Å². The molecule has 1 aromatic carbocycles. The minimum Gasteiger partial charge on any atom is -0.436 e. The monoisotopic (exact) mass is 553 g/mol. The average molecular weight is 554 g/mol. The molecule has 3 aliphatic rings. The molecular formula is C26H27F4N3O6. The van der Waals surface area contributed by atoms with Gasteiger partial charge >= 0.3 is 12.3 Å². The smallest absolute Gasteiger partial charge is 0.411 e. The molecule has 4 rings (SSSR count). The summed E-state index contributed by atoms with van der Waals surface area (Å²) in [5.74, 6) is -3.06. The van der Waals surface area contributed by atoms with E-state index in [-0.39, 0.29) is 36.6 Å². The highest BCUT2D eigenvalue weighted by Gasteiger charge is 2.56. The number of amides is 3. The number of fused-ring (bicyclic) bond motifs is 2. The number of alkyl halides is 3. The van der Waals surface area contributed by atoms with Crippen molar-refractivity contribution in [3.8, 4) is 0 Å². The molecule has 1 unspecified atom stereocenters. The van der Waals surface area contributed by atoms with E-state index in [1.54, 1.807) is 6.08 Å². The molecule has 1 heterocycles. The third-order valence-corrected chi connectivity index (χ3v) is 7.14. The number of halogens is 4. The first kappa shape index (κ1) is 28.3. The van der Waals surface area contributed by atoms with Gasteiger partial charge in [-0.3, -0.25) is 19.3 Å². The van der Waals surface area contributed by atoms with Crippen molar-refractivity contribution in [2.45, 2.75) is 44.1 Å². The zero-order valence-corrected chi connectivity index (χ0v) is 21.2. The van der Waals surface area contributed by atoms with Crippen LogP contribution < -0.4 is 5.32 Å². The van der Waals surface area contributed by atoms with Crippen molar-refractivity contribution in [3.63, 3.8) is 0 Å². The standard InChI is InChI=1S/C26H27F4N3O6/c1-15(26(28,29)30)33(11-16-3-5-17(27)6-4-16)22(35)12-32-14-25(39-24(32)37)10-9-18-19(25)7-8-20(23(18)36)31-21(34)13-38-2/h3-8,15,18H,9-14H2,1-2H3,(H,31,34)/t15-,18?,25-/m0/s1. The number of allylic oxidation sites excluding steroid dienone is 3. The maximum atomic E-state index is 13.6. The number of ketones is 1. The van der Waals surface area contributed by atoms with Gasteiger partial charge in [-0.2, -0.15) is 13.2 Å². The molecule has 0 bridgehead atoms. The van der Waals surface area contributed by atoms with Crippen molar-refractivity contribution in [1.29, 1.82) is 0 Å². The normalized spacial score (nSPS) is 23.2. The van der Waals surface area contributed by atoms with E-state index in [0.29, 0.717) is 16.9 Å². The van der Waals surface area contributed by atoms with Gasteiger partial charge in [0, 0.05) is 19.6 Å². The Labute approximate surface area is 221 Å². The highest BCUT2D eigenvalue weighted by atomic mass is 19.4. The Morgan fingerprint density at radius 2 is 1.92 bits per heavy atom. The van der Waals surface area contributed by atoms with E-state index in [0.717, 1.165) is 24.0 Å². The number of methoxy groups -OCH3 is 1. The van der Waals surface area contributed by atoms with Crippen molar-refractivity contribution in [2.24, 2.45) is 5.92 Å². The number of benzene rings is 1. The Morgan fingerprint density at radius 1 is 1.23 bits per heavy atom. The van der Waals surface area contributed by atoms with Gasteiger partial charge in [0.05, 0.1) is 12.2 Å². The summed E-state index contributed by atoms with van der Waals surface area (Å²) in [6, 6.07) is 2.55. The van der Waals surface area contributed by atoms with Gasteiger partial charge in [-0.15, -0.1) is 0 Å². The number of hydrogen-bond acceptors (Lipinski definition) is 6. The molecule has 39 heavy (non-hydrogen) atoms. The van der Waals surface area contributed by atoms with Crippen LogP contribution >= 0.6 is 0 Å². The molecule has 1 N–H and O–H groups in total. The van der Waals surface area contributed by atoms with Crippen LogP contribution in [0, 0.1) is 11.7 Å². The quantitative estimate of drug-likeness (QED) is 0.497. The SMILES string of the molecule is COCC(=O)NC1=CC=C2C(CC[C@]23CN(CC(=O)N(Cc2ccc(F)cc2)[C@@H](C)C(F)(F)F)C(=O)O3)C1=O. The van der Waals surface area contributed by atoms with Gasteiger partial charge in [0.15, 0.2) is 11.4 Å². The van der Waals surface area contributed by atoms with Gasteiger partial charge in [-0.25, -0.2) is 9.18 Å². The predicted molar refractivity (Wildman–Crippen MR) is 127 cm³/mol. The van der Waals surface area contributed by atoms with Crippen LogP contribution in [0.1, 0.15) is 25.3 Å². The highest BCUT2D eigenvalue weighted by Crippen LogP contribution is 2.48. The molecule has 2 aliphatic carbocycles. The molecule has 3 atom stereocenters. The van der Waals surface area contributed by atoms with Gasteiger partial charge in [0.25, 0.3) is 0 Å². The summed E-state index contributed by atoms with van der Waals surface area (Å²) in [5, 5.41) is 2.48. The summed E-state index contributed by atoms with van der Waals surface area (Å²) >= 11 is 0. The number of rotatable bonds is 8. The summed E-state index contributed by atoms with van der Waals surface area (Å²) in [6.07, 6.45) is -2.05. The summed E-state index contributed by atoms with van der Waals surface area (Å²) in [7, 11) is 1.34. The fraction of sp³-hybridized carbons (Fsp3) is 0.462. The zero-order chi connectivity index (χ0) is 28.5. The van der Waals surface area contributed by atoms with E-state index in [4.69, 9.17) is 9.47 Å². The van der Waals surface area contributed by atoms with E-state index in [1.165, 1.54) is 25.3 Å². The number of Topliss-reactive ketones (excluding diaryl/α,β-unsaturated/α-hetero) is 1. The lowest BCUT2D eigenvalue weighted by atomic mass is 9.85. The minimum atomic E-state index is -4.74. The average Bonchev–Trinajstić information content (AvgIpc) is 3.38. The number of nitrogens with zero attached hydrogens (tertiary/aromatic N) is 2. The van der Waals surface area contributed by atoms with Crippen molar-refractivity contribution in [2.75, 3.05) is 26.8 Å². The molecule has 3 amide bonds. The lowest BCUT2D eigenvalue weighted by Crippen LogP contribution is -2.50. The largest absolute Gasteiger partial charge is 0.436 e. The van der Waals surface area contributed by atoms with E-state index in [2.05, 4.69) is 5.32 Å². The van der Waals surface area contributed by atoms with Gasteiger partial charge < -0.3 is 19.7 Å².